The fourth-order valence-electron chi connectivity index (χ4n) is 5.36. The lowest BCUT2D eigenvalue weighted by atomic mass is 10.0. The van der Waals surface area contributed by atoms with Crippen LogP contribution in [0.25, 0.3) is 0 Å². The first-order valence-electron chi connectivity index (χ1n) is 15.4. The predicted molar refractivity (Wildman–Crippen MR) is 147 cm³/mol. The van der Waals surface area contributed by atoms with Crippen LogP contribution in [-0.4, -0.2) is 75.6 Å². The average Bonchev–Trinajstić information content (AvgIpc) is 3.52. The summed E-state index contributed by atoms with van der Waals surface area (Å²) in [6, 6.07) is 0. The van der Waals surface area contributed by atoms with Crippen LogP contribution in [0.2, 0.25) is 0 Å². The third-order valence-electron chi connectivity index (χ3n) is 7.71. The quantitative estimate of drug-likeness (QED) is 0.143. The minimum atomic E-state index is -0.770. The Morgan fingerprint density at radius 2 is 1.08 bits per heavy atom. The maximum absolute atomic E-state index is 6.71. The second-order valence-corrected chi connectivity index (χ2v) is 10.7. The van der Waals surface area contributed by atoms with Crippen LogP contribution < -0.4 is 0 Å². The Hall–Kier alpha value is -0.280. The molecule has 2 heterocycles. The van der Waals surface area contributed by atoms with Gasteiger partial charge in [0.15, 0.2) is 11.6 Å². The Balaban J connectivity index is 2.06. The van der Waals surface area contributed by atoms with E-state index in [2.05, 4.69) is 27.7 Å². The van der Waals surface area contributed by atoms with Gasteiger partial charge >= 0.3 is 0 Å². The van der Waals surface area contributed by atoms with Crippen molar-refractivity contribution in [2.24, 2.45) is 0 Å². The standard InChI is InChI=1S/C30H58O7/c1-7-11-13-15-21-33-29(19-17-27(36-29)23-31-9-3)25(5)35-26(6)30(34-22-16-14-12-8-2)20-18-28(37-30)24-32-10-4/h25-28H,7-24H2,1-6H3. The zero-order valence-electron chi connectivity index (χ0n) is 24.9. The van der Waals surface area contributed by atoms with Gasteiger partial charge in [0, 0.05) is 26.1 Å². The summed E-state index contributed by atoms with van der Waals surface area (Å²) in [5, 5.41) is 0. The lowest BCUT2D eigenvalue weighted by Crippen LogP contribution is -2.52. The summed E-state index contributed by atoms with van der Waals surface area (Å²) in [6.45, 7) is 16.5. The van der Waals surface area contributed by atoms with E-state index < -0.39 is 11.6 Å². The Bertz CT molecular complexity index is 528. The maximum Gasteiger partial charge on any atom is 0.194 e. The molecule has 7 nitrogen and oxygen atoms in total. The average molecular weight is 531 g/mol. The van der Waals surface area contributed by atoms with Crippen LogP contribution in [0.4, 0.5) is 0 Å². The van der Waals surface area contributed by atoms with Gasteiger partial charge < -0.3 is 33.2 Å². The monoisotopic (exact) mass is 530 g/mol. The lowest BCUT2D eigenvalue weighted by molar-refractivity contribution is -0.328. The maximum atomic E-state index is 6.71. The van der Waals surface area contributed by atoms with Crippen molar-refractivity contribution in [2.45, 2.75) is 155 Å². The fraction of sp³-hybridized carbons (Fsp3) is 1.00. The van der Waals surface area contributed by atoms with E-state index in [1.807, 2.05) is 13.8 Å². The molecular weight excluding hydrogens is 472 g/mol. The largest absolute Gasteiger partial charge is 0.379 e. The zero-order valence-corrected chi connectivity index (χ0v) is 24.9. The second kappa shape index (κ2) is 18.1. The number of rotatable bonds is 22. The molecule has 0 saturated carbocycles. The van der Waals surface area contributed by atoms with Crippen molar-refractivity contribution in [1.82, 2.24) is 0 Å². The molecule has 0 aromatic rings. The van der Waals surface area contributed by atoms with Gasteiger partial charge in [0.1, 0.15) is 12.2 Å². The number of ether oxygens (including phenoxy) is 7. The van der Waals surface area contributed by atoms with E-state index in [0.29, 0.717) is 39.6 Å². The summed E-state index contributed by atoms with van der Waals surface area (Å²) in [5.74, 6) is -1.54. The molecule has 2 aliphatic heterocycles. The molecule has 37 heavy (non-hydrogen) atoms. The number of hydrogen-bond donors (Lipinski definition) is 0. The molecule has 6 unspecified atom stereocenters. The van der Waals surface area contributed by atoms with Crippen molar-refractivity contribution in [2.75, 3.05) is 39.6 Å². The van der Waals surface area contributed by atoms with E-state index in [4.69, 9.17) is 33.2 Å². The van der Waals surface area contributed by atoms with Crippen LogP contribution in [0.1, 0.15) is 119 Å². The Morgan fingerprint density at radius 1 is 0.649 bits per heavy atom. The van der Waals surface area contributed by atoms with E-state index in [0.717, 1.165) is 38.5 Å². The summed E-state index contributed by atoms with van der Waals surface area (Å²) < 4.78 is 44.1. The Labute approximate surface area is 227 Å². The van der Waals surface area contributed by atoms with Crippen LogP contribution in [0.15, 0.2) is 0 Å². The Morgan fingerprint density at radius 3 is 1.46 bits per heavy atom. The number of unbranched alkanes of at least 4 members (excludes halogenated alkanes) is 6. The molecule has 2 saturated heterocycles. The topological polar surface area (TPSA) is 64.6 Å². The van der Waals surface area contributed by atoms with Gasteiger partial charge in [-0.05, 0) is 53.4 Å². The molecule has 2 fully saturated rings. The predicted octanol–water partition coefficient (Wildman–Crippen LogP) is 6.80. The third-order valence-corrected chi connectivity index (χ3v) is 7.71. The molecule has 0 aromatic carbocycles. The van der Waals surface area contributed by atoms with Gasteiger partial charge in [-0.15, -0.1) is 0 Å². The molecule has 2 aliphatic rings. The lowest BCUT2D eigenvalue weighted by Gasteiger charge is -2.41. The molecule has 0 N–H and O–H groups in total. The first-order chi connectivity index (χ1) is 17.9. The van der Waals surface area contributed by atoms with Gasteiger partial charge in [0.2, 0.25) is 0 Å². The van der Waals surface area contributed by atoms with E-state index in [9.17, 15) is 0 Å². The molecule has 6 atom stereocenters. The van der Waals surface area contributed by atoms with Gasteiger partial charge in [0.25, 0.3) is 0 Å². The highest BCUT2D eigenvalue weighted by atomic mass is 16.8. The van der Waals surface area contributed by atoms with Crippen LogP contribution in [-0.2, 0) is 33.2 Å². The van der Waals surface area contributed by atoms with Crippen LogP contribution in [0.3, 0.4) is 0 Å². The molecule has 0 radical (unpaired) electrons. The molecule has 0 spiro atoms. The van der Waals surface area contributed by atoms with Crippen LogP contribution in [0, 0.1) is 0 Å². The van der Waals surface area contributed by atoms with Crippen LogP contribution >= 0.6 is 0 Å². The van der Waals surface area contributed by atoms with Crippen molar-refractivity contribution in [1.29, 1.82) is 0 Å². The smallest absolute Gasteiger partial charge is 0.194 e. The highest BCUT2D eigenvalue weighted by molar-refractivity contribution is 4.91. The molecule has 220 valence electrons. The van der Waals surface area contributed by atoms with Crippen molar-refractivity contribution in [3.63, 3.8) is 0 Å². The molecule has 0 bridgehead atoms. The van der Waals surface area contributed by atoms with Gasteiger partial charge in [-0.3, -0.25) is 0 Å². The number of hydrogen-bond acceptors (Lipinski definition) is 7. The van der Waals surface area contributed by atoms with E-state index in [1.54, 1.807) is 0 Å². The Kier molecular flexibility index (Phi) is 16.1. The SMILES string of the molecule is CCCCCCOC1(C(C)OC(C)C2(OCCCCCC)CCC(COCC)O2)CCC(COCC)O1. The highest BCUT2D eigenvalue weighted by Crippen LogP contribution is 2.41. The van der Waals surface area contributed by atoms with E-state index in [1.165, 1.54) is 38.5 Å². The summed E-state index contributed by atoms with van der Waals surface area (Å²) in [6.07, 6.45) is 12.2. The molecule has 2 rings (SSSR count). The van der Waals surface area contributed by atoms with Crippen molar-refractivity contribution in [3.8, 4) is 0 Å². The normalized spacial score (nSPS) is 29.7. The van der Waals surface area contributed by atoms with Gasteiger partial charge in [-0.1, -0.05) is 52.4 Å². The van der Waals surface area contributed by atoms with Gasteiger partial charge in [-0.25, -0.2) is 0 Å². The summed E-state index contributed by atoms with van der Waals surface area (Å²) in [4.78, 5) is 0. The molecule has 7 heteroatoms. The third kappa shape index (κ3) is 10.7. The van der Waals surface area contributed by atoms with Gasteiger partial charge in [-0.2, -0.15) is 0 Å². The molecule has 0 aromatic heterocycles. The first-order valence-corrected chi connectivity index (χ1v) is 15.4. The van der Waals surface area contributed by atoms with Crippen molar-refractivity contribution < 1.29 is 33.2 Å². The molecule has 0 aliphatic carbocycles. The minimum Gasteiger partial charge on any atom is -0.379 e. The van der Waals surface area contributed by atoms with E-state index >= 15 is 0 Å². The summed E-state index contributed by atoms with van der Waals surface area (Å²) in [7, 11) is 0. The van der Waals surface area contributed by atoms with Crippen molar-refractivity contribution in [3.05, 3.63) is 0 Å². The minimum absolute atomic E-state index is 0.0269. The fourth-order valence-corrected chi connectivity index (χ4v) is 5.36. The van der Waals surface area contributed by atoms with Gasteiger partial charge in [0.05, 0.1) is 38.6 Å². The molecule has 0 amide bonds. The zero-order chi connectivity index (χ0) is 27.0. The van der Waals surface area contributed by atoms with E-state index in [-0.39, 0.29) is 24.4 Å². The van der Waals surface area contributed by atoms with Crippen molar-refractivity contribution >= 4 is 0 Å². The highest BCUT2D eigenvalue weighted by Gasteiger charge is 2.51. The molecular formula is C30H58O7. The summed E-state index contributed by atoms with van der Waals surface area (Å²) in [5.41, 5.74) is 0. The van der Waals surface area contributed by atoms with Crippen LogP contribution in [0.5, 0.6) is 0 Å². The first kappa shape index (κ1) is 32.9. The summed E-state index contributed by atoms with van der Waals surface area (Å²) >= 11 is 0. The second-order valence-electron chi connectivity index (χ2n) is 10.7.